The molecule has 5 N–H and O–H groups in total. The first-order valence-corrected chi connectivity index (χ1v) is 4.48. The maximum Gasteiger partial charge on any atom is 0.0553 e. The highest BCUT2D eigenvalue weighted by molar-refractivity contribution is 4.76. The summed E-state index contributed by atoms with van der Waals surface area (Å²) < 4.78 is 0. The molecule has 0 aromatic rings. The van der Waals surface area contributed by atoms with Crippen molar-refractivity contribution in [1.29, 1.82) is 0 Å². The topological polar surface area (TPSA) is 70.3 Å². The van der Waals surface area contributed by atoms with Crippen LogP contribution in [0.4, 0.5) is 0 Å². The minimum absolute atomic E-state index is 0.0972. The van der Waals surface area contributed by atoms with Crippen LogP contribution >= 0.6 is 0 Å². The van der Waals surface area contributed by atoms with Crippen LogP contribution in [0, 0.1) is 0 Å². The molecule has 0 saturated carbocycles. The van der Waals surface area contributed by atoms with Crippen molar-refractivity contribution in [2.75, 3.05) is 26.2 Å². The lowest BCUT2D eigenvalue weighted by Crippen LogP contribution is -2.51. The smallest absolute Gasteiger partial charge is 0.0553 e. The van der Waals surface area contributed by atoms with Crippen molar-refractivity contribution >= 4 is 0 Å². The third-order valence-corrected chi connectivity index (χ3v) is 1.67. The average Bonchev–Trinajstić information content (AvgIpc) is 2.11. The van der Waals surface area contributed by atoms with Crippen molar-refractivity contribution in [1.82, 2.24) is 10.6 Å². The zero-order valence-electron chi connectivity index (χ0n) is 8.01. The second kappa shape index (κ2) is 7.49. The molecule has 1 saturated heterocycles. The lowest BCUT2D eigenvalue weighted by atomic mass is 10.2. The van der Waals surface area contributed by atoms with Gasteiger partial charge in [-0.15, -0.1) is 0 Å². The van der Waals surface area contributed by atoms with E-state index in [0.29, 0.717) is 18.6 Å². The molecule has 2 unspecified atom stereocenters. The molecular weight excluding hydrogens is 154 g/mol. The van der Waals surface area contributed by atoms with Crippen molar-refractivity contribution < 1.29 is 5.11 Å². The summed E-state index contributed by atoms with van der Waals surface area (Å²) in [5, 5.41) is 14.5. The molecule has 1 rings (SSSR count). The maximum atomic E-state index is 7.75. The van der Waals surface area contributed by atoms with Crippen LogP contribution in [0.1, 0.15) is 13.8 Å². The van der Waals surface area contributed by atoms with E-state index >= 15 is 0 Å². The van der Waals surface area contributed by atoms with Crippen molar-refractivity contribution in [3.05, 3.63) is 0 Å². The van der Waals surface area contributed by atoms with Crippen LogP contribution in [0.3, 0.4) is 0 Å². The largest absolute Gasteiger partial charge is 0.395 e. The summed E-state index contributed by atoms with van der Waals surface area (Å²) in [5.74, 6) is 0. The molecule has 0 aliphatic carbocycles. The number of nitrogens with two attached hydrogens (primary N) is 1. The fourth-order valence-electron chi connectivity index (χ4n) is 0.900. The van der Waals surface area contributed by atoms with Gasteiger partial charge in [0.2, 0.25) is 0 Å². The number of hydrogen-bond acceptors (Lipinski definition) is 4. The molecule has 0 aromatic carbocycles. The first kappa shape index (κ1) is 11.8. The van der Waals surface area contributed by atoms with Gasteiger partial charge in [0, 0.05) is 31.7 Å². The van der Waals surface area contributed by atoms with E-state index in [1.54, 1.807) is 0 Å². The Hall–Kier alpha value is -0.160. The molecule has 0 amide bonds. The molecule has 0 radical (unpaired) electrons. The SMILES string of the molecule is CC1CNC(C)CN1.NCCO. The van der Waals surface area contributed by atoms with E-state index < -0.39 is 0 Å². The van der Waals surface area contributed by atoms with E-state index in [1.165, 1.54) is 0 Å². The second-order valence-electron chi connectivity index (χ2n) is 3.13. The first-order chi connectivity index (χ1) is 5.70. The molecule has 1 fully saturated rings. The van der Waals surface area contributed by atoms with Gasteiger partial charge in [-0.2, -0.15) is 0 Å². The van der Waals surface area contributed by atoms with Crippen LogP contribution in [0.2, 0.25) is 0 Å². The molecule has 1 aliphatic rings. The monoisotopic (exact) mass is 175 g/mol. The van der Waals surface area contributed by atoms with Gasteiger partial charge in [0.05, 0.1) is 6.61 Å². The summed E-state index contributed by atoms with van der Waals surface area (Å²) in [4.78, 5) is 0. The van der Waals surface area contributed by atoms with Gasteiger partial charge < -0.3 is 21.5 Å². The standard InChI is InChI=1S/C6H14N2.C2H7NO/c1-5-3-8-6(2)4-7-5;3-1-2-4/h5-8H,3-4H2,1-2H3;4H,1-3H2. The Labute approximate surface area is 74.5 Å². The number of nitrogens with one attached hydrogen (secondary N) is 2. The molecule has 4 heteroatoms. The van der Waals surface area contributed by atoms with Crippen molar-refractivity contribution in [3.63, 3.8) is 0 Å². The fourth-order valence-corrected chi connectivity index (χ4v) is 0.900. The molecule has 0 spiro atoms. The normalized spacial score (nSPS) is 29.0. The van der Waals surface area contributed by atoms with E-state index in [-0.39, 0.29) is 6.61 Å². The van der Waals surface area contributed by atoms with Gasteiger partial charge in [-0.1, -0.05) is 0 Å². The molecule has 74 valence electrons. The van der Waals surface area contributed by atoms with Gasteiger partial charge in [-0.05, 0) is 13.8 Å². The number of aliphatic hydroxyl groups excluding tert-OH is 1. The number of aliphatic hydroxyl groups is 1. The summed E-state index contributed by atoms with van der Waals surface area (Å²) in [6, 6.07) is 1.32. The summed E-state index contributed by atoms with van der Waals surface area (Å²) >= 11 is 0. The van der Waals surface area contributed by atoms with E-state index in [2.05, 4.69) is 24.5 Å². The van der Waals surface area contributed by atoms with Crippen LogP contribution in [0.5, 0.6) is 0 Å². The maximum absolute atomic E-state index is 7.75. The van der Waals surface area contributed by atoms with Gasteiger partial charge >= 0.3 is 0 Å². The number of rotatable bonds is 1. The molecule has 4 nitrogen and oxygen atoms in total. The molecule has 2 atom stereocenters. The van der Waals surface area contributed by atoms with Crippen molar-refractivity contribution in [2.45, 2.75) is 25.9 Å². The van der Waals surface area contributed by atoms with Gasteiger partial charge in [0.15, 0.2) is 0 Å². The summed E-state index contributed by atoms with van der Waals surface area (Å²) in [7, 11) is 0. The lowest BCUT2D eigenvalue weighted by molar-refractivity contribution is 0.306. The third kappa shape index (κ3) is 6.54. The number of hydrogen-bond donors (Lipinski definition) is 4. The first-order valence-electron chi connectivity index (χ1n) is 4.48. The lowest BCUT2D eigenvalue weighted by Gasteiger charge is -2.26. The fraction of sp³-hybridized carbons (Fsp3) is 1.00. The predicted molar refractivity (Wildman–Crippen MR) is 51.1 cm³/mol. The average molecular weight is 175 g/mol. The van der Waals surface area contributed by atoms with Crippen LogP contribution in [0.25, 0.3) is 0 Å². The summed E-state index contributed by atoms with van der Waals surface area (Å²) in [5.41, 5.74) is 4.78. The molecule has 12 heavy (non-hydrogen) atoms. The van der Waals surface area contributed by atoms with Crippen LogP contribution in [0.15, 0.2) is 0 Å². The van der Waals surface area contributed by atoms with E-state index in [0.717, 1.165) is 13.1 Å². The Morgan fingerprint density at radius 3 is 1.75 bits per heavy atom. The highest BCUT2D eigenvalue weighted by atomic mass is 16.3. The summed E-state index contributed by atoms with van der Waals surface area (Å²) in [6.45, 7) is 7.08. The van der Waals surface area contributed by atoms with Crippen LogP contribution < -0.4 is 16.4 Å². The zero-order valence-corrected chi connectivity index (χ0v) is 8.01. The zero-order chi connectivity index (χ0) is 9.40. The molecule has 1 aliphatic heterocycles. The molecule has 0 aromatic heterocycles. The van der Waals surface area contributed by atoms with Crippen LogP contribution in [-0.2, 0) is 0 Å². The Kier molecular flexibility index (Phi) is 7.39. The number of piperazine rings is 1. The van der Waals surface area contributed by atoms with Gasteiger partial charge in [-0.25, -0.2) is 0 Å². The van der Waals surface area contributed by atoms with Gasteiger partial charge in [0.1, 0.15) is 0 Å². The predicted octanol–water partition coefficient (Wildman–Crippen LogP) is -1.11. The van der Waals surface area contributed by atoms with Crippen molar-refractivity contribution in [2.24, 2.45) is 5.73 Å². The van der Waals surface area contributed by atoms with E-state index in [4.69, 9.17) is 10.8 Å². The highest BCUT2D eigenvalue weighted by Crippen LogP contribution is 1.89. The Morgan fingerprint density at radius 1 is 1.25 bits per heavy atom. The molecule has 1 heterocycles. The van der Waals surface area contributed by atoms with Crippen LogP contribution in [-0.4, -0.2) is 43.4 Å². The Balaban J connectivity index is 0.000000261. The van der Waals surface area contributed by atoms with Gasteiger partial charge in [-0.3, -0.25) is 0 Å². The minimum atomic E-state index is 0.0972. The highest BCUT2D eigenvalue weighted by Gasteiger charge is 2.10. The van der Waals surface area contributed by atoms with E-state index in [1.807, 2.05) is 0 Å². The molecular formula is C8H21N3O. The molecule has 0 bridgehead atoms. The van der Waals surface area contributed by atoms with Gasteiger partial charge in [0.25, 0.3) is 0 Å². The summed E-state index contributed by atoms with van der Waals surface area (Å²) in [6.07, 6.45) is 0. The minimum Gasteiger partial charge on any atom is -0.395 e. The van der Waals surface area contributed by atoms with Crippen molar-refractivity contribution in [3.8, 4) is 0 Å². The third-order valence-electron chi connectivity index (χ3n) is 1.67. The Morgan fingerprint density at radius 2 is 1.58 bits per heavy atom. The Bertz CT molecular complexity index is 80.3. The second-order valence-corrected chi connectivity index (χ2v) is 3.13. The quantitative estimate of drug-likeness (QED) is 0.408. The van der Waals surface area contributed by atoms with E-state index in [9.17, 15) is 0 Å².